The summed E-state index contributed by atoms with van der Waals surface area (Å²) in [7, 11) is 0. The van der Waals surface area contributed by atoms with Gasteiger partial charge in [0.05, 0.1) is 49.7 Å². The van der Waals surface area contributed by atoms with Crippen LogP contribution in [0, 0.1) is 0 Å². The van der Waals surface area contributed by atoms with Gasteiger partial charge in [-0.15, -0.1) is 0 Å². The van der Waals surface area contributed by atoms with Crippen LogP contribution in [-0.4, -0.2) is 9.13 Å². The van der Waals surface area contributed by atoms with E-state index in [0.29, 0.717) is 11.0 Å². The van der Waals surface area contributed by atoms with Gasteiger partial charge in [0.1, 0.15) is 0 Å². The van der Waals surface area contributed by atoms with Crippen molar-refractivity contribution >= 4 is 43.6 Å². The maximum Gasteiger partial charge on any atom is 0.0645 e. The number of nitrogens with zero attached hydrogens (tertiary/aromatic N) is 2. The zero-order valence-electron chi connectivity index (χ0n) is 35.5. The molecule has 0 saturated heterocycles. The van der Waals surface area contributed by atoms with Crippen molar-refractivity contribution in [3.05, 3.63) is 145 Å². The van der Waals surface area contributed by atoms with Crippen molar-refractivity contribution < 1.29 is 21.9 Å². The van der Waals surface area contributed by atoms with Crippen LogP contribution in [0.15, 0.2) is 145 Å². The van der Waals surface area contributed by atoms with Crippen LogP contribution in [0.3, 0.4) is 0 Å². The van der Waals surface area contributed by atoms with E-state index in [-0.39, 0.29) is 27.5 Å². The highest BCUT2D eigenvalue weighted by Crippen LogP contribution is 2.39. The fourth-order valence-corrected chi connectivity index (χ4v) is 5.03. The summed E-state index contributed by atoms with van der Waals surface area (Å²) in [5.41, 5.74) is -1.22. The van der Waals surface area contributed by atoms with Crippen molar-refractivity contribution in [3.8, 4) is 22.5 Å². The molecule has 0 atom stereocenters. The minimum Gasteiger partial charge on any atom is -0.309 e. The first kappa shape index (κ1) is 10.7. The predicted molar refractivity (Wildman–Crippen MR) is 161 cm³/mol. The van der Waals surface area contributed by atoms with Crippen LogP contribution in [0.4, 0.5) is 0 Å². The molecule has 0 fully saturated rings. The highest BCUT2D eigenvalue weighted by molar-refractivity contribution is 6.16. The first-order chi connectivity index (χ1) is 25.5. The van der Waals surface area contributed by atoms with Crippen molar-refractivity contribution in [2.45, 2.75) is 0 Å². The van der Waals surface area contributed by atoms with E-state index in [1.807, 2.05) is 24.3 Å². The highest BCUT2D eigenvalue weighted by Gasteiger charge is 2.19. The minimum atomic E-state index is -0.822. The third-order valence-corrected chi connectivity index (χ3v) is 6.59. The van der Waals surface area contributed by atoms with Gasteiger partial charge in [-0.05, 0) is 53.5 Å². The lowest BCUT2D eigenvalue weighted by Crippen LogP contribution is -1.96. The summed E-state index contributed by atoms with van der Waals surface area (Å²) in [5, 5.41) is 1.29. The summed E-state index contributed by atoms with van der Waals surface area (Å²) < 4.78 is 143. The Morgan fingerprint density at radius 3 is 1.76 bits per heavy atom. The van der Waals surface area contributed by atoms with Gasteiger partial charge in [-0.1, -0.05) is 103 Å². The second-order valence-electron chi connectivity index (χ2n) is 8.60. The van der Waals surface area contributed by atoms with Gasteiger partial charge in [-0.2, -0.15) is 0 Å². The van der Waals surface area contributed by atoms with Crippen molar-refractivity contribution in [1.29, 1.82) is 0 Å². The molecule has 2 nitrogen and oxygen atoms in total. The van der Waals surface area contributed by atoms with Crippen LogP contribution in [-0.2, 0) is 0 Å². The molecule has 6 aromatic carbocycles. The molecule has 0 bridgehead atoms. The van der Waals surface area contributed by atoms with Gasteiger partial charge in [0.15, 0.2) is 0 Å². The summed E-state index contributed by atoms with van der Waals surface area (Å²) in [5.74, 6) is 0. The van der Waals surface area contributed by atoms with E-state index in [1.165, 1.54) is 0 Å². The van der Waals surface area contributed by atoms with E-state index in [0.717, 1.165) is 15.3 Å². The van der Waals surface area contributed by atoms with Gasteiger partial charge in [-0.3, -0.25) is 0 Å². The molecule has 0 spiro atoms. The van der Waals surface area contributed by atoms with Crippen LogP contribution < -0.4 is 0 Å². The second-order valence-corrected chi connectivity index (χ2v) is 8.60. The third-order valence-electron chi connectivity index (χ3n) is 6.59. The molecule has 0 aliphatic heterocycles. The van der Waals surface area contributed by atoms with Crippen molar-refractivity contribution in [1.82, 2.24) is 9.13 Å². The van der Waals surface area contributed by atoms with Gasteiger partial charge in [0, 0.05) is 27.2 Å². The van der Waals surface area contributed by atoms with Crippen LogP contribution in [0.1, 0.15) is 21.9 Å². The summed E-state index contributed by atoms with van der Waals surface area (Å²) in [4.78, 5) is 0. The van der Waals surface area contributed by atoms with Gasteiger partial charge < -0.3 is 9.13 Å². The lowest BCUT2D eigenvalue weighted by molar-refractivity contribution is 1.17. The highest BCUT2D eigenvalue weighted by atomic mass is 15.0. The first-order valence-corrected chi connectivity index (χ1v) is 11.7. The Hall–Kier alpha value is -5.08. The normalized spacial score (nSPS) is 17.6. The molecule has 8 rings (SSSR count). The van der Waals surface area contributed by atoms with Crippen LogP contribution >= 0.6 is 0 Å². The van der Waals surface area contributed by atoms with Gasteiger partial charge in [-0.25, -0.2) is 0 Å². The number of hydrogen-bond acceptors (Lipinski definition) is 0. The maximum atomic E-state index is 9.28. The Bertz CT molecular complexity index is 2910. The van der Waals surface area contributed by atoms with Crippen molar-refractivity contribution in [2.24, 2.45) is 0 Å². The Labute approximate surface area is 243 Å². The summed E-state index contributed by atoms with van der Waals surface area (Å²) in [6, 6.07) is 3.24. The molecule has 2 heteroatoms. The van der Waals surface area contributed by atoms with Crippen LogP contribution in [0.2, 0.25) is 0 Å². The lowest BCUT2D eigenvalue weighted by Gasteiger charge is -2.12. The summed E-state index contributed by atoms with van der Waals surface area (Å²) in [6.45, 7) is 0. The molecule has 2 aromatic heterocycles. The minimum absolute atomic E-state index is 0.0109. The Balaban J connectivity index is 1.64. The van der Waals surface area contributed by atoms with E-state index in [4.69, 9.17) is 16.4 Å². The van der Waals surface area contributed by atoms with Crippen LogP contribution in [0.25, 0.3) is 66.1 Å². The van der Waals surface area contributed by atoms with E-state index >= 15 is 0 Å². The molecule has 0 radical (unpaired) electrons. The van der Waals surface area contributed by atoms with E-state index in [9.17, 15) is 5.48 Å². The molecule has 2 heterocycles. The van der Waals surface area contributed by atoms with E-state index in [1.54, 1.807) is 28.8 Å². The number of aromatic nitrogens is 2. The number of fused-ring (bicyclic) bond motifs is 6. The molecule has 0 aliphatic rings. The average molecular weight is 501 g/mol. The first-order valence-electron chi connectivity index (χ1n) is 19.7. The van der Waals surface area contributed by atoms with E-state index in [2.05, 4.69) is 0 Å². The monoisotopic (exact) mass is 500 g/mol. The Morgan fingerprint density at radius 2 is 1.03 bits per heavy atom. The van der Waals surface area contributed by atoms with Crippen molar-refractivity contribution in [3.63, 3.8) is 0 Å². The van der Waals surface area contributed by atoms with Crippen molar-refractivity contribution in [2.75, 3.05) is 0 Å². The zero-order chi connectivity index (χ0) is 39.0. The Kier molecular flexibility index (Phi) is 2.32. The largest absolute Gasteiger partial charge is 0.309 e. The van der Waals surface area contributed by atoms with Crippen LogP contribution in [0.5, 0.6) is 0 Å². The lowest BCUT2D eigenvalue weighted by atomic mass is 10.1. The number of benzene rings is 6. The average Bonchev–Trinajstić information content (AvgIpc) is 3.68. The molecule has 0 N–H and O–H groups in total. The summed E-state index contributed by atoms with van der Waals surface area (Å²) >= 11 is 0. The molecule has 38 heavy (non-hydrogen) atoms. The summed E-state index contributed by atoms with van der Waals surface area (Å²) in [6.07, 6.45) is 0. The predicted octanol–water partition coefficient (Wildman–Crippen LogP) is 9.55. The zero-order valence-corrected chi connectivity index (χ0v) is 19.5. The Morgan fingerprint density at radius 1 is 0.421 bits per heavy atom. The fraction of sp³-hybridized carbons (Fsp3) is 0. The smallest absolute Gasteiger partial charge is 0.0645 e. The molecule has 178 valence electrons. The quantitative estimate of drug-likeness (QED) is 0.229. The number of rotatable bonds is 3. The van der Waals surface area contributed by atoms with Gasteiger partial charge in [0.25, 0.3) is 0 Å². The molecule has 8 aromatic rings. The third kappa shape index (κ3) is 3.01. The topological polar surface area (TPSA) is 9.86 Å². The molecular weight excluding hydrogens is 460 g/mol. The van der Waals surface area contributed by atoms with E-state index < -0.39 is 113 Å². The second kappa shape index (κ2) is 8.22. The number of hydrogen-bond donors (Lipinski definition) is 0. The molecular formula is C36H24N2. The standard InChI is InChI=1S/C36H24N2/c1-2-11-25(12-3-1)26-21-23-27(24-22-26)37-33-18-9-6-15-30(33)36-34(37)19-10-20-35(36)38-31-16-7-4-13-28(31)29-14-5-8-17-32(29)38/h1-24H/i1D,2D,3D,6D,9D,10D,11D,12D,15D,18D,19D,20D,21D,22D,23D,24D. The molecule has 0 unspecified atom stereocenters. The molecule has 0 amide bonds. The fourth-order valence-electron chi connectivity index (χ4n) is 5.03. The SMILES string of the molecule is [2H]c1c([2H])c([2H])c(-c2c([2H])c([2H])c(-n3c4c([2H])c([2H])c([2H])c([2H])c4c4c(-n5c6ccccc6c6ccccc65)c([2H])c([2H])c([2H])c43)c([2H])c2[2H])c([2H])c1[2H]. The van der Waals surface area contributed by atoms with Gasteiger partial charge in [0.2, 0.25) is 0 Å². The van der Waals surface area contributed by atoms with Gasteiger partial charge >= 0.3 is 0 Å². The molecule has 0 saturated carbocycles. The number of para-hydroxylation sites is 3. The molecule has 0 aliphatic carbocycles. The maximum absolute atomic E-state index is 9.28.